The molecular weight excluding hydrogens is 250 g/mol. The number of hydrogen-bond donors (Lipinski definition) is 6. The Bertz CT molecular complexity index is 326. The molecule has 0 unspecified atom stereocenters. The highest BCUT2D eigenvalue weighted by molar-refractivity contribution is 5.77. The molecule has 1 fully saturated rings. The molecule has 0 spiro atoms. The van der Waals surface area contributed by atoms with Crippen LogP contribution in [0, 0.1) is 0 Å². The summed E-state index contributed by atoms with van der Waals surface area (Å²) in [6.07, 6.45) is -4.10. The second kappa shape index (κ2) is 5.05. The maximum absolute atomic E-state index is 11.3. The van der Waals surface area contributed by atoms with E-state index < -0.39 is 48.8 Å². The van der Waals surface area contributed by atoms with E-state index in [0.29, 0.717) is 0 Å². The molecule has 0 bridgehead atoms. The fourth-order valence-electron chi connectivity index (χ4n) is 1.77. The first-order valence-corrected chi connectivity index (χ1v) is 5.17. The molecule has 0 aliphatic carbocycles. The van der Waals surface area contributed by atoms with Gasteiger partial charge in [-0.25, -0.2) is 4.79 Å². The monoisotopic (exact) mass is 267 g/mol. The van der Waals surface area contributed by atoms with Crippen LogP contribution >= 0.6 is 0 Å². The van der Waals surface area contributed by atoms with Gasteiger partial charge in [-0.1, -0.05) is 0 Å². The first-order valence-electron chi connectivity index (χ1n) is 5.17. The minimum absolute atomic E-state index is 0.638. The average Bonchev–Trinajstić information content (AvgIpc) is 2.33. The lowest BCUT2D eigenvalue weighted by Crippen LogP contribution is -2.72. The number of aliphatic hydroxyl groups is 5. The van der Waals surface area contributed by atoms with Crippen molar-refractivity contribution < 1.29 is 39.8 Å². The highest BCUT2D eigenvalue weighted by Crippen LogP contribution is 2.35. The van der Waals surface area contributed by atoms with Gasteiger partial charge in [0.1, 0.15) is 6.10 Å². The molecule has 1 aliphatic rings. The molecule has 0 aromatic heterocycles. The second-order valence-corrected chi connectivity index (χ2v) is 4.13. The van der Waals surface area contributed by atoms with Gasteiger partial charge in [-0.05, 0) is 0 Å². The van der Waals surface area contributed by atoms with Crippen LogP contribution in [0.4, 0.5) is 0 Å². The lowest BCUT2D eigenvalue weighted by Gasteiger charge is -2.47. The van der Waals surface area contributed by atoms with Crippen molar-refractivity contribution in [3.63, 3.8) is 0 Å². The molecule has 106 valence electrons. The number of rotatable bonds is 3. The van der Waals surface area contributed by atoms with Gasteiger partial charge in [0.25, 0.3) is 5.79 Å². The van der Waals surface area contributed by atoms with Crippen molar-refractivity contribution >= 4 is 5.97 Å². The quantitative estimate of drug-likeness (QED) is 0.280. The van der Waals surface area contributed by atoms with Crippen LogP contribution in [0.3, 0.4) is 0 Å². The Morgan fingerprint density at radius 3 is 2.61 bits per heavy atom. The normalized spacial score (nSPS) is 42.4. The minimum atomic E-state index is -2.69. The van der Waals surface area contributed by atoms with Crippen LogP contribution in [0.5, 0.6) is 0 Å². The zero-order valence-electron chi connectivity index (χ0n) is 9.68. The molecule has 0 saturated carbocycles. The van der Waals surface area contributed by atoms with Gasteiger partial charge >= 0.3 is 5.97 Å². The molecule has 1 aliphatic heterocycles. The summed E-state index contributed by atoms with van der Waals surface area (Å²) in [6.45, 7) is -0.950. The molecule has 0 radical (unpaired) electrons. The van der Waals surface area contributed by atoms with Gasteiger partial charge in [0.2, 0.25) is 5.79 Å². The molecular formula is C9H17NO8. The van der Waals surface area contributed by atoms with Crippen LogP contribution in [0.15, 0.2) is 0 Å². The van der Waals surface area contributed by atoms with Crippen molar-refractivity contribution in [1.29, 1.82) is 0 Å². The van der Waals surface area contributed by atoms with Gasteiger partial charge in [0.05, 0.1) is 25.9 Å². The van der Waals surface area contributed by atoms with Crippen LogP contribution in [0.1, 0.15) is 6.42 Å². The topological polar surface area (TPSA) is 163 Å². The molecule has 18 heavy (non-hydrogen) atoms. The maximum atomic E-state index is 11.3. The van der Waals surface area contributed by atoms with E-state index in [1.54, 1.807) is 0 Å². The van der Waals surface area contributed by atoms with E-state index in [1.807, 2.05) is 0 Å². The zero-order chi connectivity index (χ0) is 14.1. The van der Waals surface area contributed by atoms with E-state index in [-0.39, 0.29) is 0 Å². The Hall–Kier alpha value is -0.810. The predicted molar refractivity (Wildman–Crippen MR) is 54.7 cm³/mol. The first-order chi connectivity index (χ1) is 8.21. The Morgan fingerprint density at radius 2 is 2.17 bits per heavy atom. The molecule has 5 atom stereocenters. The molecule has 1 rings (SSSR count). The third-order valence-corrected chi connectivity index (χ3v) is 2.87. The fraction of sp³-hybridized carbons (Fsp3) is 0.889. The largest absolute Gasteiger partial charge is 0.465 e. The molecule has 9 nitrogen and oxygen atoms in total. The molecule has 0 aromatic rings. The highest BCUT2D eigenvalue weighted by atomic mass is 16.7. The van der Waals surface area contributed by atoms with Crippen LogP contribution in [-0.4, -0.2) is 75.0 Å². The third kappa shape index (κ3) is 2.34. The molecule has 1 heterocycles. The summed E-state index contributed by atoms with van der Waals surface area (Å²) < 4.78 is 8.95. The maximum Gasteiger partial charge on any atom is 0.366 e. The average molecular weight is 267 g/mol. The van der Waals surface area contributed by atoms with E-state index in [4.69, 9.17) is 15.6 Å². The van der Waals surface area contributed by atoms with E-state index in [1.165, 1.54) is 0 Å². The third-order valence-electron chi connectivity index (χ3n) is 2.87. The van der Waals surface area contributed by atoms with Crippen LogP contribution in [0.25, 0.3) is 0 Å². The first kappa shape index (κ1) is 15.2. The van der Waals surface area contributed by atoms with Crippen LogP contribution in [0.2, 0.25) is 0 Å². The smallest absolute Gasteiger partial charge is 0.366 e. The van der Waals surface area contributed by atoms with E-state index in [0.717, 1.165) is 7.11 Å². The number of methoxy groups -OCH3 is 1. The SMILES string of the molecule is COC(=O)[C@]1(O)C[C@@H](O)[C@@H](N)[C@@](O)([C@H](O)CO)O1. The van der Waals surface area contributed by atoms with Crippen LogP contribution < -0.4 is 5.73 Å². The van der Waals surface area contributed by atoms with Gasteiger partial charge in [-0.15, -0.1) is 0 Å². The summed E-state index contributed by atoms with van der Waals surface area (Å²) in [7, 11) is 0.964. The summed E-state index contributed by atoms with van der Waals surface area (Å²) in [5, 5.41) is 47.7. The lowest BCUT2D eigenvalue weighted by molar-refractivity contribution is -0.390. The van der Waals surface area contributed by atoms with Crippen LogP contribution in [-0.2, 0) is 14.3 Å². The van der Waals surface area contributed by atoms with E-state index >= 15 is 0 Å². The standard InChI is InChI=1S/C9H17NO8/c1-17-7(14)8(15)2-4(12)6(10)9(16,18-8)5(13)3-11/h4-6,11-13,15-16H,2-3,10H2,1H3/t4-,5-,6-,8+,9-/m1/s1. The summed E-state index contributed by atoms with van der Waals surface area (Å²) in [5.74, 6) is -6.61. The molecule has 0 amide bonds. The fourth-order valence-corrected chi connectivity index (χ4v) is 1.77. The summed E-state index contributed by atoms with van der Waals surface area (Å²) >= 11 is 0. The van der Waals surface area contributed by atoms with Gasteiger partial charge in [-0.2, -0.15) is 0 Å². The van der Waals surface area contributed by atoms with Gasteiger partial charge in [0, 0.05) is 6.42 Å². The number of carbonyl (C=O) groups is 1. The van der Waals surface area contributed by atoms with Gasteiger partial charge < -0.3 is 40.7 Å². The Kier molecular flexibility index (Phi) is 4.28. The number of esters is 1. The lowest BCUT2D eigenvalue weighted by atomic mass is 9.88. The minimum Gasteiger partial charge on any atom is -0.465 e. The number of carbonyl (C=O) groups excluding carboxylic acids is 1. The van der Waals surface area contributed by atoms with Crippen molar-refractivity contribution in [1.82, 2.24) is 0 Å². The summed E-state index contributed by atoms with van der Waals surface area (Å²) in [4.78, 5) is 11.3. The van der Waals surface area contributed by atoms with Gasteiger partial charge in [-0.3, -0.25) is 0 Å². The van der Waals surface area contributed by atoms with Crippen molar-refractivity contribution in [2.24, 2.45) is 5.73 Å². The Balaban J connectivity index is 3.08. The molecule has 7 N–H and O–H groups in total. The zero-order valence-corrected chi connectivity index (χ0v) is 9.68. The Labute approximate surface area is 102 Å². The van der Waals surface area contributed by atoms with Crippen molar-refractivity contribution in [3.8, 4) is 0 Å². The predicted octanol–water partition coefficient (Wildman–Crippen LogP) is -4.00. The number of aliphatic hydroxyl groups excluding tert-OH is 3. The summed E-state index contributed by atoms with van der Waals surface area (Å²) in [6, 6.07) is -1.52. The molecule has 1 saturated heterocycles. The number of ether oxygens (including phenoxy) is 2. The van der Waals surface area contributed by atoms with E-state index in [2.05, 4.69) is 4.74 Å². The summed E-state index contributed by atoms with van der Waals surface area (Å²) in [5.41, 5.74) is 5.44. The Morgan fingerprint density at radius 1 is 1.61 bits per heavy atom. The molecule has 0 aromatic carbocycles. The van der Waals surface area contributed by atoms with Crippen molar-refractivity contribution in [2.45, 2.75) is 36.2 Å². The molecule has 9 heteroatoms. The van der Waals surface area contributed by atoms with Crippen molar-refractivity contribution in [3.05, 3.63) is 0 Å². The highest BCUT2D eigenvalue weighted by Gasteiger charge is 2.60. The van der Waals surface area contributed by atoms with Gasteiger partial charge in [0.15, 0.2) is 0 Å². The van der Waals surface area contributed by atoms with E-state index in [9.17, 15) is 25.2 Å². The van der Waals surface area contributed by atoms with Crippen molar-refractivity contribution in [2.75, 3.05) is 13.7 Å². The number of hydrogen-bond acceptors (Lipinski definition) is 9. The number of nitrogens with two attached hydrogens (primary N) is 1. The second-order valence-electron chi connectivity index (χ2n) is 4.13.